The number of hydrogen-bond acceptors (Lipinski definition) is 4. The van der Waals surface area contributed by atoms with Crippen LogP contribution in [0.4, 0.5) is 10.5 Å². The van der Waals surface area contributed by atoms with E-state index in [-0.39, 0.29) is 12.5 Å². The van der Waals surface area contributed by atoms with Gasteiger partial charge in [0.25, 0.3) is 0 Å². The normalized spacial score (nSPS) is 11.4. The van der Waals surface area contributed by atoms with Crippen molar-refractivity contribution in [3.63, 3.8) is 0 Å². The minimum Gasteiger partial charge on any atom is -0.480 e. The molecule has 8 heteroatoms. The predicted molar refractivity (Wildman–Crippen MR) is 90.2 cm³/mol. The topological polar surface area (TPSA) is 134 Å². The number of carboxylic acid groups (broad SMARTS) is 1. The van der Waals surface area contributed by atoms with E-state index in [9.17, 15) is 14.4 Å². The van der Waals surface area contributed by atoms with Gasteiger partial charge in [-0.1, -0.05) is 12.1 Å². The first-order valence-electron chi connectivity index (χ1n) is 7.74. The lowest BCUT2D eigenvalue weighted by atomic mass is 10.1. The number of unbranched alkanes of at least 4 members (excludes halogenated alkanes) is 1. The van der Waals surface area contributed by atoms with E-state index in [4.69, 9.17) is 10.8 Å². The largest absolute Gasteiger partial charge is 0.480 e. The third-order valence-corrected chi connectivity index (χ3v) is 3.33. The number of rotatable bonds is 9. The molecule has 0 aliphatic rings. The van der Waals surface area contributed by atoms with Gasteiger partial charge in [-0.05, 0) is 37.0 Å². The second kappa shape index (κ2) is 10.1. The molecular weight excluding hydrogens is 312 g/mol. The number of anilines is 1. The molecular formula is C16H24N4O4. The summed E-state index contributed by atoms with van der Waals surface area (Å²) in [5.41, 5.74) is 7.07. The Morgan fingerprint density at radius 2 is 1.79 bits per heavy atom. The van der Waals surface area contributed by atoms with Gasteiger partial charge in [-0.3, -0.25) is 4.79 Å². The molecule has 0 aliphatic carbocycles. The number of hydrogen-bond donors (Lipinski definition) is 5. The van der Waals surface area contributed by atoms with Crippen molar-refractivity contribution < 1.29 is 19.5 Å². The summed E-state index contributed by atoms with van der Waals surface area (Å²) >= 11 is 0. The maximum Gasteiger partial charge on any atom is 0.326 e. The number of carboxylic acids is 1. The average molecular weight is 336 g/mol. The standard InChI is InChI=1S/C16H24N4O4/c1-11(21)18-9-3-2-4-14(15(22)23)20-16(24)19-10-12-5-7-13(17)8-6-12/h5-8,14H,2-4,9-10,17H2,1H3,(H,18,21)(H,22,23)(H2,19,20,24). The van der Waals surface area contributed by atoms with Gasteiger partial charge in [0.2, 0.25) is 5.91 Å². The number of carbonyl (C=O) groups excluding carboxylic acids is 2. The molecule has 3 amide bonds. The summed E-state index contributed by atoms with van der Waals surface area (Å²) in [6.45, 7) is 2.19. The molecule has 0 bridgehead atoms. The minimum atomic E-state index is -1.09. The van der Waals surface area contributed by atoms with E-state index in [1.807, 2.05) is 0 Å². The Hall–Kier alpha value is -2.77. The predicted octanol–water partition coefficient (Wildman–Crippen LogP) is 0.828. The van der Waals surface area contributed by atoms with Crippen LogP contribution < -0.4 is 21.7 Å². The summed E-state index contributed by atoms with van der Waals surface area (Å²) in [5, 5.41) is 16.8. The molecule has 0 aromatic heterocycles. The monoisotopic (exact) mass is 336 g/mol. The maximum atomic E-state index is 11.8. The zero-order valence-electron chi connectivity index (χ0n) is 13.7. The van der Waals surface area contributed by atoms with Crippen LogP contribution in [0.25, 0.3) is 0 Å². The molecule has 0 fully saturated rings. The van der Waals surface area contributed by atoms with Gasteiger partial charge in [0, 0.05) is 25.7 Å². The van der Waals surface area contributed by atoms with Crippen molar-refractivity contribution in [2.75, 3.05) is 12.3 Å². The van der Waals surface area contributed by atoms with Crippen molar-refractivity contribution in [1.82, 2.24) is 16.0 Å². The molecule has 24 heavy (non-hydrogen) atoms. The molecule has 0 spiro atoms. The summed E-state index contributed by atoms with van der Waals surface area (Å²) in [4.78, 5) is 33.7. The van der Waals surface area contributed by atoms with E-state index in [0.717, 1.165) is 5.56 Å². The van der Waals surface area contributed by atoms with Crippen LogP contribution in [0.3, 0.4) is 0 Å². The lowest BCUT2D eigenvalue weighted by molar-refractivity contribution is -0.139. The Balaban J connectivity index is 2.32. The molecule has 0 saturated heterocycles. The first kappa shape index (κ1) is 19.3. The fourth-order valence-electron chi connectivity index (χ4n) is 2.02. The van der Waals surface area contributed by atoms with Crippen molar-refractivity contribution in [3.05, 3.63) is 29.8 Å². The molecule has 6 N–H and O–H groups in total. The highest BCUT2D eigenvalue weighted by Crippen LogP contribution is 2.05. The first-order valence-corrected chi connectivity index (χ1v) is 7.74. The molecule has 1 rings (SSSR count). The molecule has 0 aliphatic heterocycles. The molecule has 1 atom stereocenters. The molecule has 132 valence electrons. The van der Waals surface area contributed by atoms with Gasteiger partial charge < -0.3 is 26.8 Å². The van der Waals surface area contributed by atoms with Crippen molar-refractivity contribution in [3.8, 4) is 0 Å². The maximum absolute atomic E-state index is 11.8. The lowest BCUT2D eigenvalue weighted by Crippen LogP contribution is -2.45. The van der Waals surface area contributed by atoms with E-state index >= 15 is 0 Å². The highest BCUT2D eigenvalue weighted by molar-refractivity contribution is 5.82. The number of nitrogen functional groups attached to an aromatic ring is 1. The fraction of sp³-hybridized carbons (Fsp3) is 0.438. The quantitative estimate of drug-likeness (QED) is 0.336. The highest BCUT2D eigenvalue weighted by Gasteiger charge is 2.19. The number of amides is 3. The molecule has 1 unspecified atom stereocenters. The van der Waals surface area contributed by atoms with E-state index in [1.54, 1.807) is 24.3 Å². The van der Waals surface area contributed by atoms with Crippen LogP contribution in [0.2, 0.25) is 0 Å². The van der Waals surface area contributed by atoms with Crippen LogP contribution in [0, 0.1) is 0 Å². The summed E-state index contributed by atoms with van der Waals surface area (Å²) in [7, 11) is 0. The Kier molecular flexibility index (Phi) is 8.10. The zero-order chi connectivity index (χ0) is 17.9. The number of nitrogens with two attached hydrogens (primary N) is 1. The molecule has 1 aromatic carbocycles. The summed E-state index contributed by atoms with van der Waals surface area (Å²) in [6, 6.07) is 5.52. The van der Waals surface area contributed by atoms with Gasteiger partial charge in [-0.2, -0.15) is 0 Å². The third kappa shape index (κ3) is 8.02. The van der Waals surface area contributed by atoms with E-state index in [1.165, 1.54) is 6.92 Å². The first-order chi connectivity index (χ1) is 11.4. The lowest BCUT2D eigenvalue weighted by Gasteiger charge is -2.15. The molecule has 0 saturated carbocycles. The molecule has 0 radical (unpaired) electrons. The van der Waals surface area contributed by atoms with Crippen molar-refractivity contribution in [2.24, 2.45) is 0 Å². The average Bonchev–Trinajstić information content (AvgIpc) is 2.52. The van der Waals surface area contributed by atoms with E-state index < -0.39 is 18.0 Å². The number of benzene rings is 1. The van der Waals surface area contributed by atoms with Crippen LogP contribution in [-0.4, -0.2) is 35.6 Å². The number of aliphatic carboxylic acids is 1. The molecule has 8 nitrogen and oxygen atoms in total. The van der Waals surface area contributed by atoms with Crippen LogP contribution in [0.15, 0.2) is 24.3 Å². The molecule has 1 aromatic rings. The Bertz CT molecular complexity index is 560. The third-order valence-electron chi connectivity index (χ3n) is 3.33. The van der Waals surface area contributed by atoms with Crippen molar-refractivity contribution >= 4 is 23.6 Å². The minimum absolute atomic E-state index is 0.120. The SMILES string of the molecule is CC(=O)NCCCCC(NC(=O)NCc1ccc(N)cc1)C(=O)O. The van der Waals surface area contributed by atoms with Gasteiger partial charge in [0.15, 0.2) is 0 Å². The van der Waals surface area contributed by atoms with Crippen molar-refractivity contribution in [2.45, 2.75) is 38.8 Å². The van der Waals surface area contributed by atoms with Crippen LogP contribution in [-0.2, 0) is 16.1 Å². The number of nitrogens with one attached hydrogen (secondary N) is 3. The summed E-state index contributed by atoms with van der Waals surface area (Å²) in [5.74, 6) is -1.21. The van der Waals surface area contributed by atoms with Crippen LogP contribution in [0.1, 0.15) is 31.7 Å². The van der Waals surface area contributed by atoms with E-state index in [2.05, 4.69) is 16.0 Å². The van der Waals surface area contributed by atoms with Crippen molar-refractivity contribution in [1.29, 1.82) is 0 Å². The number of urea groups is 1. The Labute approximate surface area is 140 Å². The van der Waals surface area contributed by atoms with Gasteiger partial charge >= 0.3 is 12.0 Å². The zero-order valence-corrected chi connectivity index (χ0v) is 13.7. The fourth-order valence-corrected chi connectivity index (χ4v) is 2.02. The van der Waals surface area contributed by atoms with Crippen LogP contribution in [0.5, 0.6) is 0 Å². The van der Waals surface area contributed by atoms with Gasteiger partial charge in [0.05, 0.1) is 0 Å². The Morgan fingerprint density at radius 3 is 2.38 bits per heavy atom. The molecule has 0 heterocycles. The second-order valence-electron chi connectivity index (χ2n) is 5.44. The Morgan fingerprint density at radius 1 is 1.12 bits per heavy atom. The van der Waals surface area contributed by atoms with Gasteiger partial charge in [0.1, 0.15) is 6.04 Å². The number of carbonyl (C=O) groups is 3. The van der Waals surface area contributed by atoms with Gasteiger partial charge in [-0.25, -0.2) is 9.59 Å². The second-order valence-corrected chi connectivity index (χ2v) is 5.44. The highest BCUT2D eigenvalue weighted by atomic mass is 16.4. The van der Waals surface area contributed by atoms with Crippen LogP contribution >= 0.6 is 0 Å². The smallest absolute Gasteiger partial charge is 0.326 e. The summed E-state index contributed by atoms with van der Waals surface area (Å²) < 4.78 is 0. The summed E-state index contributed by atoms with van der Waals surface area (Å²) in [6.07, 6.45) is 1.53. The van der Waals surface area contributed by atoms with E-state index in [0.29, 0.717) is 31.5 Å². The van der Waals surface area contributed by atoms with Gasteiger partial charge in [-0.15, -0.1) is 0 Å².